The van der Waals surface area contributed by atoms with Gasteiger partial charge in [-0.25, -0.2) is 0 Å². The van der Waals surface area contributed by atoms with Crippen molar-refractivity contribution >= 4 is 21.6 Å². The largest absolute Gasteiger partial charge is 0.411 e. The quantitative estimate of drug-likeness (QED) is 0.447. The Morgan fingerprint density at radius 3 is 2.67 bits per heavy atom. The van der Waals surface area contributed by atoms with Crippen molar-refractivity contribution in [1.82, 2.24) is 0 Å². The maximum absolute atomic E-state index is 8.55. The molecular weight excluding hydrogens is 218 g/mol. The van der Waals surface area contributed by atoms with Gasteiger partial charge in [0.2, 0.25) is 0 Å². The highest BCUT2D eigenvalue weighted by atomic mass is 79.9. The highest BCUT2D eigenvalue weighted by Crippen LogP contribution is 2.18. The van der Waals surface area contributed by atoms with Crippen LogP contribution in [-0.4, -0.2) is 10.9 Å². The smallest absolute Gasteiger partial charge is 0.0848 e. The van der Waals surface area contributed by atoms with Crippen molar-refractivity contribution in [3.63, 3.8) is 0 Å². The van der Waals surface area contributed by atoms with E-state index in [-0.39, 0.29) is 0 Å². The fourth-order valence-corrected chi connectivity index (χ4v) is 1.75. The number of benzene rings is 1. The Morgan fingerprint density at radius 1 is 1.50 bits per heavy atom. The Morgan fingerprint density at radius 2 is 2.17 bits per heavy atom. The fraction of sp³-hybridized carbons (Fsp3) is 0.222. The molecule has 0 spiro atoms. The first kappa shape index (κ1) is 9.26. The zero-order chi connectivity index (χ0) is 9.14. The summed E-state index contributed by atoms with van der Waals surface area (Å²) in [6.07, 6.45) is 0. The minimum absolute atomic E-state index is 0.613. The van der Waals surface area contributed by atoms with E-state index in [0.29, 0.717) is 5.71 Å². The van der Waals surface area contributed by atoms with Crippen LogP contribution in [0.25, 0.3) is 0 Å². The number of rotatable bonds is 1. The first-order chi connectivity index (χ1) is 5.65. The van der Waals surface area contributed by atoms with Crippen LogP contribution in [0, 0.1) is 6.92 Å². The molecule has 0 radical (unpaired) electrons. The van der Waals surface area contributed by atoms with Crippen LogP contribution < -0.4 is 0 Å². The maximum Gasteiger partial charge on any atom is 0.0848 e. The van der Waals surface area contributed by atoms with Gasteiger partial charge in [0, 0.05) is 10.0 Å². The van der Waals surface area contributed by atoms with Crippen LogP contribution in [0.2, 0.25) is 0 Å². The van der Waals surface area contributed by atoms with Crippen LogP contribution in [0.4, 0.5) is 0 Å². The molecule has 0 atom stereocenters. The van der Waals surface area contributed by atoms with Crippen molar-refractivity contribution in [3.8, 4) is 0 Å². The molecule has 0 unspecified atom stereocenters. The lowest BCUT2D eigenvalue weighted by Crippen LogP contribution is -1.95. The minimum Gasteiger partial charge on any atom is -0.411 e. The molecule has 1 N–H and O–H groups in total. The van der Waals surface area contributed by atoms with Crippen molar-refractivity contribution in [2.75, 3.05) is 0 Å². The van der Waals surface area contributed by atoms with Gasteiger partial charge in [0.15, 0.2) is 0 Å². The zero-order valence-electron chi connectivity index (χ0n) is 7.00. The van der Waals surface area contributed by atoms with Crippen LogP contribution >= 0.6 is 15.9 Å². The van der Waals surface area contributed by atoms with Gasteiger partial charge in [0.1, 0.15) is 0 Å². The normalized spacial score (nSPS) is 11.8. The van der Waals surface area contributed by atoms with E-state index in [2.05, 4.69) is 21.1 Å². The molecule has 3 heteroatoms. The zero-order valence-corrected chi connectivity index (χ0v) is 8.59. The molecule has 0 saturated carbocycles. The molecule has 0 aliphatic carbocycles. The van der Waals surface area contributed by atoms with E-state index in [4.69, 9.17) is 5.21 Å². The Bertz CT molecular complexity index is 320. The first-order valence-corrected chi connectivity index (χ1v) is 4.39. The van der Waals surface area contributed by atoms with E-state index in [1.165, 1.54) is 5.56 Å². The van der Waals surface area contributed by atoms with Gasteiger partial charge >= 0.3 is 0 Å². The van der Waals surface area contributed by atoms with Crippen LogP contribution in [0.3, 0.4) is 0 Å². The predicted octanol–water partition coefficient (Wildman–Crippen LogP) is 2.96. The average Bonchev–Trinajstić information content (AvgIpc) is 2.03. The van der Waals surface area contributed by atoms with Gasteiger partial charge in [-0.05, 0) is 25.5 Å². The van der Waals surface area contributed by atoms with Gasteiger partial charge in [-0.3, -0.25) is 0 Å². The third-order valence-corrected chi connectivity index (χ3v) is 2.32. The molecule has 12 heavy (non-hydrogen) atoms. The average molecular weight is 228 g/mol. The van der Waals surface area contributed by atoms with E-state index in [1.54, 1.807) is 6.92 Å². The van der Waals surface area contributed by atoms with Crippen molar-refractivity contribution in [2.45, 2.75) is 13.8 Å². The van der Waals surface area contributed by atoms with Crippen molar-refractivity contribution in [2.24, 2.45) is 5.16 Å². The summed E-state index contributed by atoms with van der Waals surface area (Å²) in [7, 11) is 0. The molecule has 1 aromatic rings. The number of nitrogens with zero attached hydrogens (tertiary/aromatic N) is 1. The molecule has 2 nitrogen and oxygen atoms in total. The number of halogens is 1. The summed E-state index contributed by atoms with van der Waals surface area (Å²) in [5.41, 5.74) is 2.71. The number of hydrogen-bond donors (Lipinski definition) is 1. The second-order valence-electron chi connectivity index (χ2n) is 2.67. The molecule has 0 aromatic heterocycles. The van der Waals surface area contributed by atoms with Crippen LogP contribution in [0.1, 0.15) is 18.1 Å². The highest BCUT2D eigenvalue weighted by molar-refractivity contribution is 9.10. The van der Waals surface area contributed by atoms with Gasteiger partial charge in [-0.2, -0.15) is 0 Å². The number of aryl methyl sites for hydroxylation is 1. The van der Waals surface area contributed by atoms with E-state index in [1.807, 2.05) is 25.1 Å². The summed E-state index contributed by atoms with van der Waals surface area (Å²) in [6.45, 7) is 3.77. The molecule has 0 amide bonds. The molecule has 0 fully saturated rings. The molecule has 1 rings (SSSR count). The summed E-state index contributed by atoms with van der Waals surface area (Å²) in [4.78, 5) is 0. The van der Waals surface area contributed by atoms with Crippen molar-refractivity contribution < 1.29 is 5.21 Å². The predicted molar refractivity (Wildman–Crippen MR) is 52.9 cm³/mol. The topological polar surface area (TPSA) is 32.6 Å². The summed E-state index contributed by atoms with van der Waals surface area (Å²) in [6, 6.07) is 5.90. The summed E-state index contributed by atoms with van der Waals surface area (Å²) < 4.78 is 0.956. The molecule has 0 heterocycles. The summed E-state index contributed by atoms with van der Waals surface area (Å²) in [5.74, 6) is 0. The van der Waals surface area contributed by atoms with Gasteiger partial charge in [0.05, 0.1) is 5.71 Å². The third kappa shape index (κ3) is 1.85. The monoisotopic (exact) mass is 227 g/mol. The molecule has 1 aromatic carbocycles. The summed E-state index contributed by atoms with van der Waals surface area (Å²) in [5, 5.41) is 11.7. The van der Waals surface area contributed by atoms with E-state index < -0.39 is 0 Å². The van der Waals surface area contributed by atoms with Crippen LogP contribution in [-0.2, 0) is 0 Å². The molecule has 0 saturated heterocycles. The van der Waals surface area contributed by atoms with E-state index in [0.717, 1.165) is 10.0 Å². The molecule has 0 bridgehead atoms. The molecule has 0 aliphatic heterocycles. The highest BCUT2D eigenvalue weighted by Gasteiger charge is 2.02. The second-order valence-corrected chi connectivity index (χ2v) is 3.52. The maximum atomic E-state index is 8.55. The molecule has 0 aliphatic rings. The summed E-state index contributed by atoms with van der Waals surface area (Å²) >= 11 is 3.40. The lowest BCUT2D eigenvalue weighted by Gasteiger charge is -2.02. The van der Waals surface area contributed by atoms with Gasteiger partial charge in [-0.1, -0.05) is 33.2 Å². The van der Waals surface area contributed by atoms with Crippen molar-refractivity contribution in [1.29, 1.82) is 0 Å². The SMILES string of the molecule is C/C(=N/O)c1ccc(C)cc1Br. The minimum atomic E-state index is 0.613. The van der Waals surface area contributed by atoms with Gasteiger partial charge < -0.3 is 5.21 Å². The Balaban J connectivity index is 3.18. The van der Waals surface area contributed by atoms with E-state index >= 15 is 0 Å². The van der Waals surface area contributed by atoms with Gasteiger partial charge in [-0.15, -0.1) is 0 Å². The van der Waals surface area contributed by atoms with Gasteiger partial charge in [0.25, 0.3) is 0 Å². The second kappa shape index (κ2) is 3.72. The first-order valence-electron chi connectivity index (χ1n) is 3.60. The third-order valence-electron chi connectivity index (χ3n) is 1.66. The standard InChI is InChI=1S/C9H10BrNO/c1-6-3-4-8(7(2)11-12)9(10)5-6/h3-5,12H,1-2H3/b11-7-. The van der Waals surface area contributed by atoms with Crippen molar-refractivity contribution in [3.05, 3.63) is 33.8 Å². The Hall–Kier alpha value is -0.830. The lowest BCUT2D eigenvalue weighted by molar-refractivity contribution is 0.319. The lowest BCUT2D eigenvalue weighted by atomic mass is 10.1. The Labute approximate surface area is 80.0 Å². The molecular formula is C9H10BrNO. The molecule has 64 valence electrons. The fourth-order valence-electron chi connectivity index (χ4n) is 0.967. The van der Waals surface area contributed by atoms with Crippen LogP contribution in [0.15, 0.2) is 27.8 Å². The number of hydrogen-bond acceptors (Lipinski definition) is 2. The Kier molecular flexibility index (Phi) is 2.87. The van der Waals surface area contributed by atoms with E-state index in [9.17, 15) is 0 Å². The number of oxime groups is 1. The van der Waals surface area contributed by atoms with Crippen LogP contribution in [0.5, 0.6) is 0 Å².